The Morgan fingerprint density at radius 1 is 0.903 bits per heavy atom. The minimum atomic E-state index is -4.73. The maximum atomic E-state index is 13.3. The van der Waals surface area contributed by atoms with Crippen molar-refractivity contribution in [1.82, 2.24) is 0 Å². The molecule has 3 aromatic carbocycles. The van der Waals surface area contributed by atoms with Gasteiger partial charge in [-0.05, 0) is 43.3 Å². The van der Waals surface area contributed by atoms with Crippen LogP contribution in [0.1, 0.15) is 22.8 Å². The van der Waals surface area contributed by atoms with Crippen LogP contribution >= 0.6 is 0 Å². The molecule has 0 atom stereocenters. The first-order valence-corrected chi connectivity index (χ1v) is 10.7. The molecule has 0 bridgehead atoms. The number of anilines is 2. The van der Waals surface area contributed by atoms with Crippen LogP contribution in [0.4, 0.5) is 24.5 Å². The number of sulfonamides is 1. The molecular weight excluding hydrogens is 429 g/mol. The van der Waals surface area contributed by atoms with E-state index in [1.807, 2.05) is 0 Å². The molecule has 0 saturated carbocycles. The maximum absolute atomic E-state index is 13.3. The lowest BCUT2D eigenvalue weighted by atomic mass is 10.1. The third-order valence-corrected chi connectivity index (χ3v) is 6.47. The standard InChI is InChI=1S/C22H19F3N2O3S/c1-2-27(16-10-4-3-5-11-16)31(29,30)20-15-9-8-14-19(20)26-21(28)17-12-6-7-13-18(17)22(23,24)25/h3-15H,2H2,1H3,(H,26,28). The summed E-state index contributed by atoms with van der Waals surface area (Å²) in [6, 6.07) is 18.3. The predicted octanol–water partition coefficient (Wildman–Crippen LogP) is 5.17. The fraction of sp³-hybridized carbons (Fsp3) is 0.136. The van der Waals surface area contributed by atoms with Gasteiger partial charge >= 0.3 is 6.18 Å². The molecule has 0 saturated heterocycles. The number of nitrogens with zero attached hydrogens (tertiary/aromatic N) is 1. The average Bonchev–Trinajstić information content (AvgIpc) is 2.74. The Morgan fingerprint density at radius 2 is 1.48 bits per heavy atom. The molecule has 0 unspecified atom stereocenters. The van der Waals surface area contributed by atoms with Crippen molar-refractivity contribution in [2.45, 2.75) is 18.0 Å². The van der Waals surface area contributed by atoms with Gasteiger partial charge in [0.05, 0.1) is 22.5 Å². The first kappa shape index (κ1) is 22.4. The van der Waals surface area contributed by atoms with Crippen LogP contribution < -0.4 is 9.62 Å². The van der Waals surface area contributed by atoms with E-state index in [0.29, 0.717) is 5.69 Å². The Balaban J connectivity index is 2.01. The Hall–Kier alpha value is -3.33. The summed E-state index contributed by atoms with van der Waals surface area (Å²) in [6.45, 7) is 1.77. The number of carbonyl (C=O) groups excluding carboxylic acids is 1. The Morgan fingerprint density at radius 3 is 2.13 bits per heavy atom. The normalized spacial score (nSPS) is 11.7. The monoisotopic (exact) mass is 448 g/mol. The van der Waals surface area contributed by atoms with E-state index >= 15 is 0 Å². The highest BCUT2D eigenvalue weighted by Crippen LogP contribution is 2.33. The lowest BCUT2D eigenvalue weighted by molar-refractivity contribution is -0.137. The minimum absolute atomic E-state index is 0.112. The highest BCUT2D eigenvalue weighted by atomic mass is 32.2. The second-order valence-corrected chi connectivity index (χ2v) is 8.33. The van der Waals surface area contributed by atoms with E-state index in [2.05, 4.69) is 5.32 Å². The first-order valence-electron chi connectivity index (χ1n) is 9.30. The molecule has 0 heterocycles. The van der Waals surface area contributed by atoms with Gasteiger partial charge in [-0.25, -0.2) is 8.42 Å². The highest BCUT2D eigenvalue weighted by molar-refractivity contribution is 7.93. The van der Waals surface area contributed by atoms with Crippen LogP contribution in [0.5, 0.6) is 0 Å². The molecule has 0 aliphatic rings. The second-order valence-electron chi connectivity index (χ2n) is 6.50. The van der Waals surface area contributed by atoms with Crippen LogP contribution in [-0.4, -0.2) is 20.9 Å². The largest absolute Gasteiger partial charge is 0.417 e. The number of nitrogens with one attached hydrogen (secondary N) is 1. The van der Waals surface area contributed by atoms with E-state index in [0.717, 1.165) is 16.4 Å². The van der Waals surface area contributed by atoms with Gasteiger partial charge in [0.15, 0.2) is 0 Å². The lowest BCUT2D eigenvalue weighted by Gasteiger charge is -2.24. The van der Waals surface area contributed by atoms with E-state index in [1.165, 1.54) is 36.4 Å². The number of para-hydroxylation sites is 2. The van der Waals surface area contributed by atoms with E-state index in [4.69, 9.17) is 0 Å². The van der Waals surface area contributed by atoms with Crippen molar-refractivity contribution < 1.29 is 26.4 Å². The van der Waals surface area contributed by atoms with Crippen LogP contribution in [0.2, 0.25) is 0 Å². The molecule has 3 rings (SSSR count). The third-order valence-electron chi connectivity index (χ3n) is 4.51. The Labute approximate surface area is 178 Å². The Bertz CT molecular complexity index is 1180. The van der Waals surface area contributed by atoms with E-state index in [9.17, 15) is 26.4 Å². The van der Waals surface area contributed by atoms with Crippen LogP contribution in [0.15, 0.2) is 83.8 Å². The first-order chi connectivity index (χ1) is 14.7. The summed E-state index contributed by atoms with van der Waals surface area (Å²) in [5.41, 5.74) is -1.39. The minimum Gasteiger partial charge on any atom is -0.321 e. The van der Waals surface area contributed by atoms with Crippen molar-refractivity contribution in [2.24, 2.45) is 0 Å². The van der Waals surface area contributed by atoms with Crippen molar-refractivity contribution in [3.63, 3.8) is 0 Å². The summed E-state index contributed by atoms with van der Waals surface area (Å²) in [5, 5.41) is 2.33. The average molecular weight is 448 g/mol. The molecule has 0 aliphatic carbocycles. The van der Waals surface area contributed by atoms with Crippen molar-refractivity contribution in [2.75, 3.05) is 16.2 Å². The molecule has 0 aliphatic heterocycles. The van der Waals surface area contributed by atoms with Gasteiger partial charge < -0.3 is 5.32 Å². The molecule has 0 radical (unpaired) electrons. The summed E-state index contributed by atoms with van der Waals surface area (Å²) >= 11 is 0. The number of benzene rings is 3. The van der Waals surface area contributed by atoms with E-state index in [1.54, 1.807) is 37.3 Å². The summed E-state index contributed by atoms with van der Waals surface area (Å²) in [4.78, 5) is 12.4. The van der Waals surface area contributed by atoms with Crippen LogP contribution in [-0.2, 0) is 16.2 Å². The van der Waals surface area contributed by atoms with Crippen LogP contribution in [0, 0.1) is 0 Å². The van der Waals surface area contributed by atoms with Gasteiger partial charge in [-0.1, -0.05) is 42.5 Å². The van der Waals surface area contributed by atoms with Crippen molar-refractivity contribution >= 4 is 27.3 Å². The fourth-order valence-electron chi connectivity index (χ4n) is 3.12. The number of rotatable bonds is 6. The molecule has 162 valence electrons. The molecule has 0 spiro atoms. The number of hydrogen-bond donors (Lipinski definition) is 1. The van der Waals surface area contributed by atoms with Gasteiger partial charge in [0.2, 0.25) is 0 Å². The predicted molar refractivity (Wildman–Crippen MR) is 112 cm³/mol. The van der Waals surface area contributed by atoms with E-state index < -0.39 is 33.2 Å². The zero-order valence-corrected chi connectivity index (χ0v) is 17.2. The molecule has 1 amide bonds. The van der Waals surface area contributed by atoms with Crippen molar-refractivity contribution in [1.29, 1.82) is 0 Å². The number of halogens is 3. The lowest BCUT2D eigenvalue weighted by Crippen LogP contribution is -2.31. The molecule has 3 aromatic rings. The zero-order chi connectivity index (χ0) is 22.6. The summed E-state index contributed by atoms with van der Waals surface area (Å²) in [7, 11) is -4.10. The number of hydrogen-bond acceptors (Lipinski definition) is 3. The molecular formula is C22H19F3N2O3S. The fourth-order valence-corrected chi connectivity index (χ4v) is 4.74. The molecule has 1 N–H and O–H groups in total. The molecule has 0 fully saturated rings. The topological polar surface area (TPSA) is 66.5 Å². The summed E-state index contributed by atoms with van der Waals surface area (Å²) < 4.78 is 67.6. The number of carbonyl (C=O) groups is 1. The molecule has 5 nitrogen and oxygen atoms in total. The second kappa shape index (κ2) is 8.81. The quantitative estimate of drug-likeness (QED) is 0.566. The summed E-state index contributed by atoms with van der Waals surface area (Å²) in [5.74, 6) is -1.06. The van der Waals surface area contributed by atoms with Gasteiger partial charge in [-0.2, -0.15) is 13.2 Å². The van der Waals surface area contributed by atoms with Gasteiger partial charge in [0.1, 0.15) is 4.90 Å². The third kappa shape index (κ3) is 4.72. The summed E-state index contributed by atoms with van der Waals surface area (Å²) in [6.07, 6.45) is -4.73. The SMILES string of the molecule is CCN(c1ccccc1)S(=O)(=O)c1ccccc1NC(=O)c1ccccc1C(F)(F)F. The van der Waals surface area contributed by atoms with Crippen molar-refractivity contribution in [3.05, 3.63) is 90.0 Å². The number of amides is 1. The molecule has 31 heavy (non-hydrogen) atoms. The molecule has 9 heteroatoms. The van der Waals surface area contributed by atoms with Gasteiger partial charge in [-0.3, -0.25) is 9.10 Å². The number of alkyl halides is 3. The van der Waals surface area contributed by atoms with Crippen LogP contribution in [0.25, 0.3) is 0 Å². The van der Waals surface area contributed by atoms with Gasteiger partial charge in [0, 0.05) is 6.54 Å². The van der Waals surface area contributed by atoms with Gasteiger partial charge in [-0.15, -0.1) is 0 Å². The Kier molecular flexibility index (Phi) is 6.35. The molecule has 0 aromatic heterocycles. The maximum Gasteiger partial charge on any atom is 0.417 e. The zero-order valence-electron chi connectivity index (χ0n) is 16.4. The smallest absolute Gasteiger partial charge is 0.321 e. The highest BCUT2D eigenvalue weighted by Gasteiger charge is 2.35. The van der Waals surface area contributed by atoms with Gasteiger partial charge in [0.25, 0.3) is 15.9 Å². The van der Waals surface area contributed by atoms with E-state index in [-0.39, 0.29) is 17.1 Å². The van der Waals surface area contributed by atoms with Crippen LogP contribution in [0.3, 0.4) is 0 Å². The van der Waals surface area contributed by atoms with Crippen molar-refractivity contribution in [3.8, 4) is 0 Å².